The predicted octanol–water partition coefficient (Wildman–Crippen LogP) is 2.86. The number of ether oxygens (including phenoxy) is 1. The number of hydrogen-bond donors (Lipinski definition) is 1. The van der Waals surface area contributed by atoms with E-state index in [0.717, 1.165) is 17.7 Å². The lowest BCUT2D eigenvalue weighted by molar-refractivity contribution is 0.184. The van der Waals surface area contributed by atoms with Gasteiger partial charge in [-0.2, -0.15) is 5.10 Å². The summed E-state index contributed by atoms with van der Waals surface area (Å²) in [6.45, 7) is 4.62. The molecule has 1 spiro atoms. The Hall–Kier alpha value is -3.14. The maximum atomic E-state index is 15.5. The molecule has 0 aliphatic carbocycles. The summed E-state index contributed by atoms with van der Waals surface area (Å²) in [5, 5.41) is 8.65. The first-order valence-corrected chi connectivity index (χ1v) is 13.3. The molecule has 0 saturated carbocycles. The molecule has 3 aliphatic heterocycles. The third-order valence-corrected chi connectivity index (χ3v) is 9.99. The van der Waals surface area contributed by atoms with E-state index in [1.807, 2.05) is 37.3 Å². The largest absolute Gasteiger partial charge is 0.493 e. The number of carbonyl (C=O) groups is 1. The SMILES string of the molecule is CNC(=O)N1N=C(c2ccc(N3CC4(CCS4(=O)=O)C3)cc2)c2cc(C)c(OC)c(F)c2C[C@@H]1C. The number of halogens is 1. The number of rotatable bonds is 3. The number of carbonyl (C=O) groups excluding carboxylic acids is 1. The molecule has 5 rings (SSSR count). The summed E-state index contributed by atoms with van der Waals surface area (Å²) >= 11 is 0. The van der Waals surface area contributed by atoms with Crippen LogP contribution in [0.15, 0.2) is 35.4 Å². The number of methoxy groups -OCH3 is 1. The van der Waals surface area contributed by atoms with Crippen molar-refractivity contribution < 1.29 is 22.3 Å². The lowest BCUT2D eigenvalue weighted by Crippen LogP contribution is -2.72. The molecular weight excluding hydrogens is 471 g/mol. The Morgan fingerprint density at radius 2 is 1.94 bits per heavy atom. The van der Waals surface area contributed by atoms with Crippen LogP contribution in [0.2, 0.25) is 0 Å². The van der Waals surface area contributed by atoms with Crippen LogP contribution in [0.3, 0.4) is 0 Å². The number of nitrogens with zero attached hydrogens (tertiary/aromatic N) is 3. The monoisotopic (exact) mass is 500 g/mol. The Kier molecular flexibility index (Phi) is 5.54. The van der Waals surface area contributed by atoms with Gasteiger partial charge in [-0.25, -0.2) is 22.6 Å². The summed E-state index contributed by atoms with van der Waals surface area (Å²) in [6.07, 6.45) is 1.00. The van der Waals surface area contributed by atoms with Gasteiger partial charge in [-0.1, -0.05) is 12.1 Å². The molecule has 8 nitrogen and oxygen atoms in total. The highest BCUT2D eigenvalue weighted by atomic mass is 32.2. The number of benzene rings is 2. The zero-order valence-corrected chi connectivity index (χ0v) is 21.1. The van der Waals surface area contributed by atoms with E-state index in [1.165, 1.54) is 19.2 Å². The van der Waals surface area contributed by atoms with E-state index in [1.54, 1.807) is 6.92 Å². The minimum atomic E-state index is -2.97. The molecule has 186 valence electrons. The van der Waals surface area contributed by atoms with Gasteiger partial charge < -0.3 is 15.0 Å². The molecule has 10 heteroatoms. The molecule has 3 aliphatic rings. The number of anilines is 1. The molecular formula is C25H29FN4O4S. The Morgan fingerprint density at radius 3 is 2.49 bits per heavy atom. The number of amides is 2. The van der Waals surface area contributed by atoms with Crippen molar-refractivity contribution in [2.24, 2.45) is 5.10 Å². The average molecular weight is 501 g/mol. The number of fused-ring (bicyclic) bond motifs is 1. The summed E-state index contributed by atoms with van der Waals surface area (Å²) in [6, 6.07) is 8.69. The number of hydrogen-bond acceptors (Lipinski definition) is 6. The zero-order chi connectivity index (χ0) is 25.1. The molecule has 1 N–H and O–H groups in total. The lowest BCUT2D eigenvalue weighted by atomic mass is 9.91. The highest BCUT2D eigenvalue weighted by Gasteiger charge is 2.59. The quantitative estimate of drug-likeness (QED) is 0.700. The smallest absolute Gasteiger partial charge is 0.337 e. The molecule has 0 aromatic heterocycles. The van der Waals surface area contributed by atoms with Gasteiger partial charge >= 0.3 is 6.03 Å². The maximum Gasteiger partial charge on any atom is 0.337 e. The average Bonchev–Trinajstić information content (AvgIpc) is 2.94. The van der Waals surface area contributed by atoms with E-state index in [0.29, 0.717) is 35.5 Å². The Morgan fingerprint density at radius 1 is 1.26 bits per heavy atom. The molecule has 2 fully saturated rings. The van der Waals surface area contributed by atoms with Crippen LogP contribution in [0.1, 0.15) is 35.6 Å². The van der Waals surface area contributed by atoms with Crippen LogP contribution in [-0.4, -0.2) is 69.0 Å². The van der Waals surface area contributed by atoms with Gasteiger partial charge in [0.05, 0.1) is 24.6 Å². The summed E-state index contributed by atoms with van der Waals surface area (Å²) < 4.78 is 44.5. The zero-order valence-electron chi connectivity index (χ0n) is 20.3. The highest BCUT2D eigenvalue weighted by molar-refractivity contribution is 7.94. The molecule has 35 heavy (non-hydrogen) atoms. The fourth-order valence-electron chi connectivity index (χ4n) is 5.25. The first-order chi connectivity index (χ1) is 16.6. The summed E-state index contributed by atoms with van der Waals surface area (Å²) in [7, 11) is 0.00165. The van der Waals surface area contributed by atoms with Gasteiger partial charge in [-0.05, 0) is 50.5 Å². The van der Waals surface area contributed by atoms with Gasteiger partial charge in [-0.3, -0.25) is 0 Å². The Bertz CT molecular complexity index is 1330. The van der Waals surface area contributed by atoms with Crippen molar-refractivity contribution in [3.63, 3.8) is 0 Å². The molecule has 0 bridgehead atoms. The highest BCUT2D eigenvalue weighted by Crippen LogP contribution is 2.44. The normalized spacial score (nSPS) is 21.9. The molecule has 3 heterocycles. The van der Waals surface area contributed by atoms with Crippen LogP contribution in [0.25, 0.3) is 0 Å². The van der Waals surface area contributed by atoms with Crippen LogP contribution in [0, 0.1) is 12.7 Å². The summed E-state index contributed by atoms with van der Waals surface area (Å²) in [4.78, 5) is 14.7. The molecule has 0 radical (unpaired) electrons. The maximum absolute atomic E-state index is 15.5. The van der Waals surface area contributed by atoms with E-state index in [-0.39, 0.29) is 30.0 Å². The standard InChI is InChI=1S/C25H29FN4O4S/c1-15-11-20-19(21(26)23(15)34-4)12-16(2)30(24(31)27-3)28-22(20)17-5-7-18(8-6-17)29-13-25(14-29)9-10-35(25,32)33/h5-8,11,16H,9-10,12-14H2,1-4H3,(H,27,31)/t16-/m0/s1. The molecule has 1 atom stereocenters. The second-order valence-electron chi connectivity index (χ2n) is 9.62. The van der Waals surface area contributed by atoms with Crippen LogP contribution >= 0.6 is 0 Å². The summed E-state index contributed by atoms with van der Waals surface area (Å²) in [5.41, 5.74) is 3.86. The van der Waals surface area contributed by atoms with Gasteiger partial charge in [0.1, 0.15) is 4.75 Å². The molecule has 2 saturated heterocycles. The number of nitrogens with one attached hydrogen (secondary N) is 1. The van der Waals surface area contributed by atoms with E-state index in [4.69, 9.17) is 4.74 Å². The van der Waals surface area contributed by atoms with Gasteiger partial charge in [0.2, 0.25) is 0 Å². The van der Waals surface area contributed by atoms with Crippen molar-refractivity contribution in [2.75, 3.05) is 37.9 Å². The van der Waals surface area contributed by atoms with Gasteiger partial charge in [0.25, 0.3) is 0 Å². The van der Waals surface area contributed by atoms with E-state index in [9.17, 15) is 13.2 Å². The van der Waals surface area contributed by atoms with Crippen LogP contribution in [0.5, 0.6) is 5.75 Å². The van der Waals surface area contributed by atoms with Crippen molar-refractivity contribution in [2.45, 2.75) is 37.5 Å². The van der Waals surface area contributed by atoms with Gasteiger partial charge in [0.15, 0.2) is 21.4 Å². The van der Waals surface area contributed by atoms with Crippen molar-refractivity contribution in [3.05, 3.63) is 58.4 Å². The van der Waals surface area contributed by atoms with Crippen molar-refractivity contribution >= 4 is 27.3 Å². The van der Waals surface area contributed by atoms with Crippen molar-refractivity contribution in [3.8, 4) is 5.75 Å². The van der Waals surface area contributed by atoms with Gasteiger partial charge in [0, 0.05) is 42.5 Å². The second-order valence-corrected chi connectivity index (χ2v) is 12.1. The van der Waals surface area contributed by atoms with Crippen molar-refractivity contribution in [1.29, 1.82) is 0 Å². The predicted molar refractivity (Wildman–Crippen MR) is 133 cm³/mol. The fraction of sp³-hybridized carbons (Fsp3) is 0.440. The number of urea groups is 1. The fourth-order valence-corrected chi connectivity index (χ4v) is 7.07. The molecule has 2 aromatic rings. The molecule has 2 amide bonds. The second kappa shape index (κ2) is 8.22. The third-order valence-electron chi connectivity index (χ3n) is 7.46. The van der Waals surface area contributed by atoms with Gasteiger partial charge in [-0.15, -0.1) is 0 Å². The first kappa shape index (κ1) is 23.6. The molecule has 0 unspecified atom stereocenters. The van der Waals surface area contributed by atoms with E-state index < -0.39 is 20.4 Å². The van der Waals surface area contributed by atoms with Crippen LogP contribution < -0.4 is 15.0 Å². The topological polar surface area (TPSA) is 91.3 Å². The number of sulfone groups is 1. The minimum Gasteiger partial charge on any atom is -0.493 e. The van der Waals surface area contributed by atoms with Crippen molar-refractivity contribution in [1.82, 2.24) is 10.3 Å². The van der Waals surface area contributed by atoms with E-state index >= 15 is 4.39 Å². The summed E-state index contributed by atoms with van der Waals surface area (Å²) in [5.74, 6) is 0.0294. The van der Waals surface area contributed by atoms with E-state index in [2.05, 4.69) is 15.3 Å². The van der Waals surface area contributed by atoms with Crippen LogP contribution in [-0.2, 0) is 16.3 Å². The Labute approximate surface area is 204 Å². The van der Waals surface area contributed by atoms with Crippen LogP contribution in [0.4, 0.5) is 14.9 Å². The third kappa shape index (κ3) is 3.57. The lowest BCUT2D eigenvalue weighted by Gasteiger charge is -2.55. The first-order valence-electron chi connectivity index (χ1n) is 11.6. The minimum absolute atomic E-state index is 0.191. The molecule has 2 aromatic carbocycles. The number of aryl methyl sites for hydroxylation is 1. The number of hydrazone groups is 1. The Balaban J connectivity index is 1.53.